The molecule has 2 N–H and O–H groups in total. The lowest BCUT2D eigenvalue weighted by Crippen LogP contribution is -2.53. The molecule has 1 saturated carbocycles. The molecule has 3 unspecified atom stereocenters. The molecule has 1 aliphatic heterocycles. The molecule has 2 aliphatic rings. The van der Waals surface area contributed by atoms with Crippen molar-refractivity contribution >= 4 is 0 Å². The first kappa shape index (κ1) is 13.3. The molecule has 0 bridgehead atoms. The monoisotopic (exact) mass is 239 g/mol. The molecule has 100 valence electrons. The van der Waals surface area contributed by atoms with Crippen LogP contribution >= 0.6 is 0 Å². The molecule has 0 aromatic rings. The Morgan fingerprint density at radius 3 is 2.47 bits per heavy atom. The molecular weight excluding hydrogens is 210 g/mol. The largest absolute Gasteiger partial charge is 0.330 e. The van der Waals surface area contributed by atoms with Crippen molar-refractivity contribution < 1.29 is 0 Å². The zero-order valence-corrected chi connectivity index (χ0v) is 11.6. The molecule has 1 heterocycles. The summed E-state index contributed by atoms with van der Waals surface area (Å²) in [4.78, 5) is 5.35. The molecule has 0 amide bonds. The summed E-state index contributed by atoms with van der Waals surface area (Å²) in [5, 5.41) is 0. The number of nitrogens with two attached hydrogens (primary N) is 1. The third-order valence-electron chi connectivity index (χ3n) is 4.95. The highest BCUT2D eigenvalue weighted by Gasteiger charge is 2.33. The van der Waals surface area contributed by atoms with Crippen LogP contribution in [0.25, 0.3) is 0 Å². The van der Waals surface area contributed by atoms with Crippen LogP contribution in [-0.2, 0) is 0 Å². The molecule has 2 rings (SSSR count). The van der Waals surface area contributed by atoms with Gasteiger partial charge in [-0.25, -0.2) is 0 Å². The number of hydrogen-bond donors (Lipinski definition) is 1. The standard InChI is InChI=1S/C14H29N3/c1-3-12(2)16-7-9-17(10-8-16)14-6-4-5-13(14)11-15/h12-14H,3-11,15H2,1-2H3. The van der Waals surface area contributed by atoms with Crippen LogP contribution in [0.2, 0.25) is 0 Å². The first-order valence-electron chi connectivity index (χ1n) is 7.44. The quantitative estimate of drug-likeness (QED) is 0.807. The molecule has 0 radical (unpaired) electrons. The smallest absolute Gasteiger partial charge is 0.0137 e. The van der Waals surface area contributed by atoms with E-state index in [1.807, 2.05) is 0 Å². The number of piperazine rings is 1. The minimum Gasteiger partial charge on any atom is -0.330 e. The van der Waals surface area contributed by atoms with Gasteiger partial charge in [-0.15, -0.1) is 0 Å². The van der Waals surface area contributed by atoms with Crippen molar-refractivity contribution in [1.29, 1.82) is 0 Å². The van der Waals surface area contributed by atoms with Crippen molar-refractivity contribution in [3.63, 3.8) is 0 Å². The summed E-state index contributed by atoms with van der Waals surface area (Å²) in [5.41, 5.74) is 5.89. The van der Waals surface area contributed by atoms with Gasteiger partial charge in [-0.1, -0.05) is 13.3 Å². The van der Waals surface area contributed by atoms with Crippen LogP contribution in [0.3, 0.4) is 0 Å². The van der Waals surface area contributed by atoms with Crippen LogP contribution in [0.4, 0.5) is 0 Å². The van der Waals surface area contributed by atoms with E-state index in [1.165, 1.54) is 51.9 Å². The van der Waals surface area contributed by atoms with Gasteiger partial charge in [0.15, 0.2) is 0 Å². The van der Waals surface area contributed by atoms with E-state index in [2.05, 4.69) is 23.6 Å². The summed E-state index contributed by atoms with van der Waals surface area (Å²) in [5.74, 6) is 0.769. The van der Waals surface area contributed by atoms with Crippen LogP contribution < -0.4 is 5.73 Å². The van der Waals surface area contributed by atoms with Crippen LogP contribution in [0.5, 0.6) is 0 Å². The molecule has 0 aromatic carbocycles. The van der Waals surface area contributed by atoms with Gasteiger partial charge in [0.25, 0.3) is 0 Å². The third kappa shape index (κ3) is 3.01. The highest BCUT2D eigenvalue weighted by Crippen LogP contribution is 2.30. The van der Waals surface area contributed by atoms with Crippen molar-refractivity contribution in [2.75, 3.05) is 32.7 Å². The van der Waals surface area contributed by atoms with E-state index in [0.717, 1.165) is 24.5 Å². The van der Waals surface area contributed by atoms with Crippen LogP contribution in [0, 0.1) is 5.92 Å². The fourth-order valence-electron chi connectivity index (χ4n) is 3.54. The second-order valence-electron chi connectivity index (χ2n) is 5.82. The average Bonchev–Trinajstić information content (AvgIpc) is 2.86. The second-order valence-corrected chi connectivity index (χ2v) is 5.82. The Hall–Kier alpha value is -0.120. The molecular formula is C14H29N3. The topological polar surface area (TPSA) is 32.5 Å². The summed E-state index contributed by atoms with van der Waals surface area (Å²) in [6.07, 6.45) is 5.39. The van der Waals surface area contributed by atoms with E-state index in [-0.39, 0.29) is 0 Å². The Kier molecular flexibility index (Phi) is 4.83. The van der Waals surface area contributed by atoms with E-state index >= 15 is 0 Å². The summed E-state index contributed by atoms with van der Waals surface area (Å²) in [6, 6.07) is 1.55. The first-order valence-corrected chi connectivity index (χ1v) is 7.44. The van der Waals surface area contributed by atoms with Crippen LogP contribution in [0.1, 0.15) is 39.5 Å². The maximum atomic E-state index is 5.89. The van der Waals surface area contributed by atoms with Crippen molar-refractivity contribution in [2.45, 2.75) is 51.6 Å². The van der Waals surface area contributed by atoms with Gasteiger partial charge in [-0.2, -0.15) is 0 Å². The van der Waals surface area contributed by atoms with Crippen molar-refractivity contribution in [3.05, 3.63) is 0 Å². The number of hydrogen-bond acceptors (Lipinski definition) is 3. The van der Waals surface area contributed by atoms with Gasteiger partial charge in [-0.05, 0) is 38.6 Å². The highest BCUT2D eigenvalue weighted by atomic mass is 15.3. The number of rotatable bonds is 4. The van der Waals surface area contributed by atoms with E-state index in [4.69, 9.17) is 5.73 Å². The maximum Gasteiger partial charge on any atom is 0.0137 e. The van der Waals surface area contributed by atoms with Gasteiger partial charge >= 0.3 is 0 Å². The van der Waals surface area contributed by atoms with Gasteiger partial charge in [0.1, 0.15) is 0 Å². The minimum absolute atomic E-state index is 0.756. The molecule has 3 nitrogen and oxygen atoms in total. The lowest BCUT2D eigenvalue weighted by molar-refractivity contribution is 0.0608. The summed E-state index contributed by atoms with van der Waals surface area (Å²) in [6.45, 7) is 10.5. The fourth-order valence-corrected chi connectivity index (χ4v) is 3.54. The molecule has 17 heavy (non-hydrogen) atoms. The molecule has 0 aromatic heterocycles. The zero-order valence-electron chi connectivity index (χ0n) is 11.6. The molecule has 0 spiro atoms. The van der Waals surface area contributed by atoms with E-state index in [9.17, 15) is 0 Å². The Balaban J connectivity index is 1.82. The lowest BCUT2D eigenvalue weighted by Gasteiger charge is -2.42. The number of nitrogens with zero attached hydrogens (tertiary/aromatic N) is 2. The van der Waals surface area contributed by atoms with Crippen molar-refractivity contribution in [3.8, 4) is 0 Å². The predicted octanol–water partition coefficient (Wildman–Crippen LogP) is 1.53. The maximum absolute atomic E-state index is 5.89. The highest BCUT2D eigenvalue weighted by molar-refractivity contribution is 4.88. The second kappa shape index (κ2) is 6.17. The Bertz CT molecular complexity index is 224. The Morgan fingerprint density at radius 1 is 1.18 bits per heavy atom. The van der Waals surface area contributed by atoms with E-state index in [0.29, 0.717) is 0 Å². The van der Waals surface area contributed by atoms with Gasteiger partial charge in [0, 0.05) is 38.3 Å². The third-order valence-corrected chi connectivity index (χ3v) is 4.95. The molecule has 1 aliphatic carbocycles. The van der Waals surface area contributed by atoms with Gasteiger partial charge in [0.05, 0.1) is 0 Å². The zero-order chi connectivity index (χ0) is 12.3. The van der Waals surface area contributed by atoms with E-state index < -0.39 is 0 Å². The van der Waals surface area contributed by atoms with Gasteiger partial charge in [-0.3, -0.25) is 9.80 Å². The minimum atomic E-state index is 0.756. The fraction of sp³-hybridized carbons (Fsp3) is 1.00. The average molecular weight is 239 g/mol. The SMILES string of the molecule is CCC(C)N1CCN(C2CCCC2CN)CC1. The summed E-state index contributed by atoms with van der Waals surface area (Å²) < 4.78 is 0. The van der Waals surface area contributed by atoms with Crippen LogP contribution in [0.15, 0.2) is 0 Å². The molecule has 3 atom stereocenters. The predicted molar refractivity (Wildman–Crippen MR) is 73.1 cm³/mol. The summed E-state index contributed by atoms with van der Waals surface area (Å²) in [7, 11) is 0. The molecule has 2 fully saturated rings. The van der Waals surface area contributed by atoms with Crippen molar-refractivity contribution in [2.24, 2.45) is 11.7 Å². The summed E-state index contributed by atoms with van der Waals surface area (Å²) >= 11 is 0. The lowest BCUT2D eigenvalue weighted by atomic mass is 10.0. The van der Waals surface area contributed by atoms with Gasteiger partial charge in [0.2, 0.25) is 0 Å². The molecule has 1 saturated heterocycles. The van der Waals surface area contributed by atoms with Crippen LogP contribution in [-0.4, -0.2) is 54.6 Å². The Labute approximate surface area is 106 Å². The normalized spacial score (nSPS) is 34.1. The molecule has 3 heteroatoms. The Morgan fingerprint density at radius 2 is 1.88 bits per heavy atom. The first-order chi connectivity index (χ1) is 8.26. The van der Waals surface area contributed by atoms with Gasteiger partial charge < -0.3 is 5.73 Å². The van der Waals surface area contributed by atoms with Crippen molar-refractivity contribution in [1.82, 2.24) is 9.80 Å². The van der Waals surface area contributed by atoms with E-state index in [1.54, 1.807) is 0 Å².